The lowest BCUT2D eigenvalue weighted by molar-refractivity contribution is -0.161. The van der Waals surface area contributed by atoms with Gasteiger partial charge in [-0.2, -0.15) is 0 Å². The van der Waals surface area contributed by atoms with E-state index < -0.39 is 97.5 Å². The van der Waals surface area contributed by atoms with Gasteiger partial charge in [-0.25, -0.2) is 9.13 Å². The van der Waals surface area contributed by atoms with Gasteiger partial charge in [0.25, 0.3) is 0 Å². The summed E-state index contributed by atoms with van der Waals surface area (Å²) in [5.74, 6) is -1.33. The van der Waals surface area contributed by atoms with Gasteiger partial charge in [0.1, 0.15) is 19.3 Å². The minimum atomic E-state index is -4.95. The van der Waals surface area contributed by atoms with Gasteiger partial charge < -0.3 is 33.8 Å². The molecule has 19 heteroatoms. The van der Waals surface area contributed by atoms with E-state index in [4.69, 9.17) is 37.0 Å². The first kappa shape index (κ1) is 93.1. The Balaban J connectivity index is 5.12. The molecule has 0 heterocycles. The van der Waals surface area contributed by atoms with Crippen molar-refractivity contribution >= 4 is 39.5 Å². The fraction of sp³-hybridized carbons (Fsp3) is 0.947. The van der Waals surface area contributed by atoms with Gasteiger partial charge in [-0.1, -0.05) is 349 Å². The number of unbranched alkanes of at least 4 members (excludes halogenated alkanes) is 48. The van der Waals surface area contributed by atoms with Crippen molar-refractivity contribution in [2.45, 2.75) is 419 Å². The van der Waals surface area contributed by atoms with Crippen molar-refractivity contribution < 1.29 is 80.2 Å². The number of aliphatic hydroxyl groups is 1. The van der Waals surface area contributed by atoms with Crippen LogP contribution in [0.5, 0.6) is 0 Å². The normalized spacial score (nSPS) is 13.9. The third-order valence-electron chi connectivity index (χ3n) is 17.8. The van der Waals surface area contributed by atoms with Gasteiger partial charge in [-0.3, -0.25) is 37.3 Å². The van der Waals surface area contributed by atoms with E-state index in [-0.39, 0.29) is 25.7 Å². The van der Waals surface area contributed by atoms with Crippen molar-refractivity contribution in [1.82, 2.24) is 0 Å². The van der Waals surface area contributed by atoms with E-state index in [1.54, 1.807) is 0 Å². The van der Waals surface area contributed by atoms with Crippen LogP contribution < -0.4 is 0 Å². The highest BCUT2D eigenvalue weighted by molar-refractivity contribution is 7.47. The molecule has 0 fully saturated rings. The molecule has 0 aliphatic carbocycles. The van der Waals surface area contributed by atoms with E-state index in [1.165, 1.54) is 218 Å². The Kier molecular flexibility index (Phi) is 67.7. The molecule has 0 saturated heterocycles. The molecule has 2 unspecified atom stereocenters. The average Bonchev–Trinajstić information content (AvgIpc) is 2.95. The lowest BCUT2D eigenvalue weighted by atomic mass is 10.0. The van der Waals surface area contributed by atoms with E-state index in [1.807, 2.05) is 0 Å². The van der Waals surface area contributed by atoms with Gasteiger partial charge in [-0.05, 0) is 31.6 Å². The van der Waals surface area contributed by atoms with E-state index in [0.29, 0.717) is 25.7 Å². The molecule has 0 aromatic carbocycles. The number of carbonyl (C=O) groups is 4. The molecule has 17 nitrogen and oxygen atoms in total. The number of rotatable bonds is 76. The highest BCUT2D eigenvalue weighted by Gasteiger charge is 2.30. The van der Waals surface area contributed by atoms with Crippen LogP contribution in [0.25, 0.3) is 0 Å². The number of phosphoric ester groups is 2. The number of esters is 4. The number of hydrogen-bond acceptors (Lipinski definition) is 15. The molecule has 0 aliphatic rings. The maximum Gasteiger partial charge on any atom is 0.472 e. The molecule has 0 aliphatic heterocycles. The summed E-state index contributed by atoms with van der Waals surface area (Å²) in [6, 6.07) is 0. The number of aliphatic hydroxyl groups excluding tert-OH is 1. The topological polar surface area (TPSA) is 237 Å². The minimum absolute atomic E-state index is 0.107. The maximum absolute atomic E-state index is 13.1. The quantitative estimate of drug-likeness (QED) is 0.0222. The Morgan fingerprint density at radius 3 is 0.716 bits per heavy atom. The first-order valence-corrected chi connectivity index (χ1v) is 42.6. The molecule has 0 radical (unpaired) electrons. The van der Waals surface area contributed by atoms with Crippen LogP contribution in [-0.4, -0.2) is 96.7 Å². The second-order valence-corrected chi connectivity index (χ2v) is 30.8. The predicted octanol–water partition coefficient (Wildman–Crippen LogP) is 22.5. The third-order valence-corrected chi connectivity index (χ3v) is 19.7. The number of phosphoric acid groups is 2. The molecule has 0 bridgehead atoms. The third kappa shape index (κ3) is 70.3. The standard InChI is InChI=1S/C76H148O17P2/c1-6-9-12-15-17-19-21-23-24-25-26-27-28-29-30-35-39-43-47-52-57-62-76(81)93-72(66-87-74(79)60-55-50-45-41-38-34-32-31-33-36-40-44-49-53-58-69(4)5)68-91-95(84,85)89-64-70(77)63-88-94(82,83)90-67-71(65-86-73(78)59-54-48-14-11-8-3)92-75(80)61-56-51-46-42-37-22-20-18-16-13-10-7-2/h69-72,77H,6-68H2,1-5H3,(H,82,83)(H,84,85)/t70-,71+,72+/m0/s1. The van der Waals surface area contributed by atoms with Crippen molar-refractivity contribution in [3.05, 3.63) is 0 Å². The molecule has 0 aromatic heterocycles. The van der Waals surface area contributed by atoms with E-state index in [9.17, 15) is 43.2 Å². The highest BCUT2D eigenvalue weighted by Crippen LogP contribution is 2.45. The van der Waals surface area contributed by atoms with Crippen LogP contribution in [0.4, 0.5) is 0 Å². The van der Waals surface area contributed by atoms with Crippen molar-refractivity contribution in [3.63, 3.8) is 0 Å². The van der Waals surface area contributed by atoms with Crippen molar-refractivity contribution in [2.75, 3.05) is 39.6 Å². The van der Waals surface area contributed by atoms with Gasteiger partial charge in [0.05, 0.1) is 26.4 Å². The zero-order chi connectivity index (χ0) is 69.8. The molecule has 3 N–H and O–H groups in total. The highest BCUT2D eigenvalue weighted by atomic mass is 31.2. The fourth-order valence-corrected chi connectivity index (χ4v) is 13.3. The summed E-state index contributed by atoms with van der Waals surface area (Å²) in [4.78, 5) is 72.5. The summed E-state index contributed by atoms with van der Waals surface area (Å²) in [6.07, 6.45) is 58.8. The Bertz CT molecular complexity index is 1820. The number of hydrogen-bond donors (Lipinski definition) is 3. The lowest BCUT2D eigenvalue weighted by Crippen LogP contribution is -2.30. The molecular weight excluding hydrogens is 1250 g/mol. The molecule has 0 spiro atoms. The van der Waals surface area contributed by atoms with Gasteiger partial charge in [0.15, 0.2) is 12.2 Å². The van der Waals surface area contributed by atoms with Crippen LogP contribution in [0, 0.1) is 5.92 Å². The Hall–Kier alpha value is -1.94. The fourth-order valence-electron chi connectivity index (χ4n) is 11.7. The van der Waals surface area contributed by atoms with Crippen LogP contribution >= 0.6 is 15.6 Å². The predicted molar refractivity (Wildman–Crippen MR) is 386 cm³/mol. The minimum Gasteiger partial charge on any atom is -0.462 e. The summed E-state index contributed by atoms with van der Waals surface area (Å²) < 4.78 is 68.3. The van der Waals surface area contributed by atoms with Crippen molar-refractivity contribution in [1.29, 1.82) is 0 Å². The molecule has 5 atom stereocenters. The van der Waals surface area contributed by atoms with Gasteiger partial charge in [0.2, 0.25) is 0 Å². The summed E-state index contributed by atoms with van der Waals surface area (Å²) >= 11 is 0. The molecule has 0 saturated carbocycles. The smallest absolute Gasteiger partial charge is 0.462 e. The monoisotopic (exact) mass is 1400 g/mol. The van der Waals surface area contributed by atoms with Crippen LogP contribution in [0.2, 0.25) is 0 Å². The molecule has 0 amide bonds. The maximum atomic E-state index is 13.1. The van der Waals surface area contributed by atoms with E-state index in [0.717, 1.165) is 102 Å². The molecule has 95 heavy (non-hydrogen) atoms. The second kappa shape index (κ2) is 69.2. The Morgan fingerprint density at radius 2 is 0.484 bits per heavy atom. The Labute approximate surface area is 581 Å². The SMILES string of the molecule is CCCCCCCCCCCCCCCCCCCCCCCC(=O)O[C@H](COC(=O)CCCCCCCCCCCCCCCCC(C)C)COP(=O)(O)OC[C@@H](O)COP(=O)(O)OC[C@@H](COC(=O)CCCCCCC)OC(=O)CCCCCCCCCCCCCC. The summed E-state index contributed by atoms with van der Waals surface area (Å²) in [5, 5.41) is 10.6. The summed E-state index contributed by atoms with van der Waals surface area (Å²) in [7, 11) is -9.90. The van der Waals surface area contributed by atoms with E-state index >= 15 is 0 Å². The average molecular weight is 1400 g/mol. The van der Waals surface area contributed by atoms with Gasteiger partial charge in [0, 0.05) is 25.7 Å². The molecule has 564 valence electrons. The summed E-state index contributed by atoms with van der Waals surface area (Å²) in [5.41, 5.74) is 0. The van der Waals surface area contributed by atoms with Crippen molar-refractivity contribution in [2.24, 2.45) is 5.92 Å². The summed E-state index contributed by atoms with van der Waals surface area (Å²) in [6.45, 7) is 7.22. The Morgan fingerprint density at radius 1 is 0.284 bits per heavy atom. The molecule has 0 aromatic rings. The zero-order valence-corrected chi connectivity index (χ0v) is 63.6. The van der Waals surface area contributed by atoms with Crippen molar-refractivity contribution in [3.8, 4) is 0 Å². The second-order valence-electron chi connectivity index (χ2n) is 27.9. The zero-order valence-electron chi connectivity index (χ0n) is 61.8. The largest absolute Gasteiger partial charge is 0.472 e. The van der Waals surface area contributed by atoms with Crippen LogP contribution in [0.15, 0.2) is 0 Å². The first-order valence-electron chi connectivity index (χ1n) is 39.6. The number of carbonyl (C=O) groups excluding carboxylic acids is 4. The molecule has 0 rings (SSSR count). The first-order chi connectivity index (χ1) is 46.0. The lowest BCUT2D eigenvalue weighted by Gasteiger charge is -2.21. The van der Waals surface area contributed by atoms with E-state index in [2.05, 4.69) is 34.6 Å². The van der Waals surface area contributed by atoms with Gasteiger partial charge in [-0.15, -0.1) is 0 Å². The molecular formula is C76H148O17P2. The number of ether oxygens (including phenoxy) is 4. The van der Waals surface area contributed by atoms with Gasteiger partial charge >= 0.3 is 39.5 Å². The van der Waals surface area contributed by atoms with Crippen LogP contribution in [0.3, 0.4) is 0 Å². The van der Waals surface area contributed by atoms with Crippen LogP contribution in [-0.2, 0) is 65.4 Å². The van der Waals surface area contributed by atoms with Crippen LogP contribution in [0.1, 0.15) is 401 Å².